The third-order valence-corrected chi connectivity index (χ3v) is 4.82. The predicted octanol–water partition coefficient (Wildman–Crippen LogP) is 1.67. The first-order valence-electron chi connectivity index (χ1n) is 7.31. The first-order valence-corrected chi connectivity index (χ1v) is 7.31. The minimum absolute atomic E-state index is 0.158. The van der Waals surface area contributed by atoms with E-state index in [2.05, 4.69) is 23.8 Å². The van der Waals surface area contributed by atoms with Crippen LogP contribution in [0.3, 0.4) is 0 Å². The molecule has 2 N–H and O–H groups in total. The van der Waals surface area contributed by atoms with Crippen LogP contribution in [0, 0.1) is 0 Å². The van der Waals surface area contributed by atoms with Crippen molar-refractivity contribution >= 4 is 0 Å². The second-order valence-electron chi connectivity index (χ2n) is 6.30. The molecule has 100 valence electrons. The van der Waals surface area contributed by atoms with Gasteiger partial charge in [0, 0.05) is 31.2 Å². The Morgan fingerprint density at radius 3 is 2.53 bits per heavy atom. The molecule has 0 radical (unpaired) electrons. The van der Waals surface area contributed by atoms with E-state index < -0.39 is 0 Å². The molecule has 1 unspecified atom stereocenters. The lowest BCUT2D eigenvalue weighted by Crippen LogP contribution is -2.52. The van der Waals surface area contributed by atoms with Gasteiger partial charge in [0.1, 0.15) is 0 Å². The molecular weight excluding hydrogens is 210 g/mol. The summed E-state index contributed by atoms with van der Waals surface area (Å²) < 4.78 is 0. The number of piperazine rings is 1. The summed E-state index contributed by atoms with van der Waals surface area (Å²) in [5.41, 5.74) is 6.66. The number of hydrogen-bond donors (Lipinski definition) is 1. The SMILES string of the molecule is CC1CN(CCC2(N)CCCCC2)CCN1C. The Morgan fingerprint density at radius 2 is 1.88 bits per heavy atom. The Morgan fingerprint density at radius 1 is 1.18 bits per heavy atom. The van der Waals surface area contributed by atoms with Crippen LogP contribution in [0.5, 0.6) is 0 Å². The molecule has 0 amide bonds. The van der Waals surface area contributed by atoms with Gasteiger partial charge in [-0.15, -0.1) is 0 Å². The van der Waals surface area contributed by atoms with E-state index in [9.17, 15) is 0 Å². The number of hydrogen-bond acceptors (Lipinski definition) is 3. The van der Waals surface area contributed by atoms with Gasteiger partial charge in [-0.05, 0) is 39.8 Å². The van der Waals surface area contributed by atoms with Crippen LogP contribution in [0.15, 0.2) is 0 Å². The molecular formula is C14H29N3. The quantitative estimate of drug-likeness (QED) is 0.813. The molecule has 3 heteroatoms. The van der Waals surface area contributed by atoms with Gasteiger partial charge in [0.2, 0.25) is 0 Å². The highest BCUT2D eigenvalue weighted by Crippen LogP contribution is 2.28. The Hall–Kier alpha value is -0.120. The van der Waals surface area contributed by atoms with Gasteiger partial charge in [-0.3, -0.25) is 0 Å². The van der Waals surface area contributed by atoms with Crippen LogP contribution in [0.4, 0.5) is 0 Å². The van der Waals surface area contributed by atoms with E-state index in [1.54, 1.807) is 0 Å². The molecule has 0 aromatic heterocycles. The van der Waals surface area contributed by atoms with Crippen LogP contribution >= 0.6 is 0 Å². The summed E-state index contributed by atoms with van der Waals surface area (Å²) in [4.78, 5) is 5.06. The Balaban J connectivity index is 1.74. The van der Waals surface area contributed by atoms with Gasteiger partial charge in [-0.2, -0.15) is 0 Å². The highest BCUT2D eigenvalue weighted by Gasteiger charge is 2.28. The van der Waals surface area contributed by atoms with Crippen LogP contribution in [0.1, 0.15) is 45.4 Å². The molecule has 0 spiro atoms. The summed E-state index contributed by atoms with van der Waals surface area (Å²) in [5.74, 6) is 0. The molecule has 0 aromatic rings. The first-order chi connectivity index (χ1) is 8.09. The maximum Gasteiger partial charge on any atom is 0.0192 e. The lowest BCUT2D eigenvalue weighted by atomic mass is 9.80. The van der Waals surface area contributed by atoms with Crippen molar-refractivity contribution in [3.63, 3.8) is 0 Å². The van der Waals surface area contributed by atoms with Gasteiger partial charge in [0.05, 0.1) is 0 Å². The minimum atomic E-state index is 0.158. The molecule has 1 atom stereocenters. The smallest absolute Gasteiger partial charge is 0.0192 e. The van der Waals surface area contributed by atoms with E-state index in [1.165, 1.54) is 64.7 Å². The Bertz CT molecular complexity index is 236. The van der Waals surface area contributed by atoms with E-state index in [1.807, 2.05) is 0 Å². The van der Waals surface area contributed by atoms with E-state index in [0.29, 0.717) is 6.04 Å². The normalized spacial score (nSPS) is 31.6. The standard InChI is InChI=1S/C14H29N3/c1-13-12-17(11-10-16(13)2)9-8-14(15)6-4-3-5-7-14/h13H,3-12,15H2,1-2H3. The highest BCUT2D eigenvalue weighted by atomic mass is 15.3. The second-order valence-corrected chi connectivity index (χ2v) is 6.30. The molecule has 3 nitrogen and oxygen atoms in total. The van der Waals surface area contributed by atoms with E-state index >= 15 is 0 Å². The first kappa shape index (κ1) is 13.3. The van der Waals surface area contributed by atoms with Crippen molar-refractivity contribution in [1.82, 2.24) is 9.80 Å². The van der Waals surface area contributed by atoms with Crippen molar-refractivity contribution in [1.29, 1.82) is 0 Å². The van der Waals surface area contributed by atoms with Gasteiger partial charge in [0.25, 0.3) is 0 Å². The summed E-state index contributed by atoms with van der Waals surface area (Å²) in [6.45, 7) is 7.17. The fraction of sp³-hybridized carbons (Fsp3) is 1.00. The van der Waals surface area contributed by atoms with Gasteiger partial charge in [-0.25, -0.2) is 0 Å². The molecule has 2 aliphatic rings. The molecule has 1 aliphatic carbocycles. The molecule has 0 aromatic carbocycles. The average Bonchev–Trinajstić information content (AvgIpc) is 2.32. The van der Waals surface area contributed by atoms with Crippen molar-refractivity contribution < 1.29 is 0 Å². The van der Waals surface area contributed by atoms with E-state index in [4.69, 9.17) is 5.73 Å². The third-order valence-electron chi connectivity index (χ3n) is 4.82. The zero-order valence-corrected chi connectivity index (χ0v) is 11.6. The Labute approximate surface area is 106 Å². The van der Waals surface area contributed by atoms with Gasteiger partial charge < -0.3 is 15.5 Å². The highest BCUT2D eigenvalue weighted by molar-refractivity contribution is 4.89. The van der Waals surface area contributed by atoms with Crippen LogP contribution in [0.2, 0.25) is 0 Å². The van der Waals surface area contributed by atoms with Gasteiger partial charge >= 0.3 is 0 Å². The summed E-state index contributed by atoms with van der Waals surface area (Å²) in [6, 6.07) is 0.698. The second kappa shape index (κ2) is 5.68. The van der Waals surface area contributed by atoms with Gasteiger partial charge in [0.15, 0.2) is 0 Å². The van der Waals surface area contributed by atoms with E-state index in [-0.39, 0.29) is 5.54 Å². The number of nitrogens with zero attached hydrogens (tertiary/aromatic N) is 2. The van der Waals surface area contributed by atoms with Crippen molar-refractivity contribution in [2.75, 3.05) is 33.2 Å². The molecule has 1 saturated carbocycles. The van der Waals surface area contributed by atoms with Crippen molar-refractivity contribution in [2.24, 2.45) is 5.73 Å². The van der Waals surface area contributed by atoms with Crippen molar-refractivity contribution in [3.8, 4) is 0 Å². The molecule has 1 aliphatic heterocycles. The van der Waals surface area contributed by atoms with Crippen LogP contribution in [-0.4, -0.2) is 54.6 Å². The zero-order valence-electron chi connectivity index (χ0n) is 11.6. The molecule has 1 saturated heterocycles. The molecule has 2 rings (SSSR count). The summed E-state index contributed by atoms with van der Waals surface area (Å²) in [6.07, 6.45) is 7.77. The van der Waals surface area contributed by atoms with Gasteiger partial charge in [-0.1, -0.05) is 19.3 Å². The fourth-order valence-electron chi connectivity index (χ4n) is 3.21. The summed E-state index contributed by atoms with van der Waals surface area (Å²) in [5, 5.41) is 0. The number of nitrogens with two attached hydrogens (primary N) is 1. The van der Waals surface area contributed by atoms with Crippen LogP contribution < -0.4 is 5.73 Å². The number of likely N-dealkylation sites (N-methyl/N-ethyl adjacent to an activating group) is 1. The maximum absolute atomic E-state index is 6.50. The molecule has 2 fully saturated rings. The Kier molecular flexibility index (Phi) is 4.45. The topological polar surface area (TPSA) is 32.5 Å². The monoisotopic (exact) mass is 239 g/mol. The largest absolute Gasteiger partial charge is 0.325 e. The summed E-state index contributed by atoms with van der Waals surface area (Å²) >= 11 is 0. The fourth-order valence-corrected chi connectivity index (χ4v) is 3.21. The van der Waals surface area contributed by atoms with Crippen molar-refractivity contribution in [3.05, 3.63) is 0 Å². The molecule has 0 bridgehead atoms. The van der Waals surface area contributed by atoms with Crippen LogP contribution in [-0.2, 0) is 0 Å². The lowest BCUT2D eigenvalue weighted by molar-refractivity contribution is 0.0948. The molecule has 17 heavy (non-hydrogen) atoms. The zero-order chi connectivity index (χ0) is 12.3. The lowest BCUT2D eigenvalue weighted by Gasteiger charge is -2.40. The number of rotatable bonds is 3. The maximum atomic E-state index is 6.50. The van der Waals surface area contributed by atoms with E-state index in [0.717, 1.165) is 0 Å². The van der Waals surface area contributed by atoms with Crippen molar-refractivity contribution in [2.45, 2.75) is 57.0 Å². The van der Waals surface area contributed by atoms with Crippen LogP contribution in [0.25, 0.3) is 0 Å². The molecule has 1 heterocycles. The predicted molar refractivity (Wildman–Crippen MR) is 73.2 cm³/mol. The minimum Gasteiger partial charge on any atom is -0.325 e. The average molecular weight is 239 g/mol. The third kappa shape index (κ3) is 3.67. The summed E-state index contributed by atoms with van der Waals surface area (Å²) in [7, 11) is 2.23.